The maximum Gasteiger partial charge on any atom is 0.134 e. The maximum absolute atomic E-state index is 6.59. The Kier molecular flexibility index (Phi) is 8.35. The van der Waals surface area contributed by atoms with Gasteiger partial charge in [0.05, 0.1) is 0 Å². The van der Waals surface area contributed by atoms with E-state index in [1.807, 2.05) is 0 Å². The first-order valence-corrected chi connectivity index (χ1v) is 23.0. The lowest BCUT2D eigenvalue weighted by Gasteiger charge is -2.57. The molecule has 8 aliphatic rings. The third-order valence-electron chi connectivity index (χ3n) is 15.6. The van der Waals surface area contributed by atoms with Crippen molar-refractivity contribution in [2.75, 3.05) is 0 Å². The van der Waals surface area contributed by atoms with E-state index in [4.69, 9.17) is 4.42 Å². The molecule has 1 aromatic heterocycles. The fourth-order valence-electron chi connectivity index (χ4n) is 13.1. The van der Waals surface area contributed by atoms with Crippen molar-refractivity contribution >= 4 is 40.5 Å². The van der Waals surface area contributed by atoms with Crippen LogP contribution >= 0.6 is 11.8 Å². The zero-order valence-corrected chi connectivity index (χ0v) is 33.6. The van der Waals surface area contributed by atoms with Gasteiger partial charge in [-0.15, -0.1) is 11.8 Å². The average molecular weight is 761 g/mol. The van der Waals surface area contributed by atoms with Crippen LogP contribution in [0.2, 0.25) is 0 Å². The van der Waals surface area contributed by atoms with Gasteiger partial charge < -0.3 is 4.42 Å². The van der Waals surface area contributed by atoms with E-state index in [1.54, 1.807) is 22.3 Å². The van der Waals surface area contributed by atoms with Crippen LogP contribution in [0.5, 0.6) is 0 Å². The summed E-state index contributed by atoms with van der Waals surface area (Å²) in [5.74, 6) is 4.69. The number of fused-ring (bicyclic) bond motifs is 13. The molecule has 3 aromatic carbocycles. The first kappa shape index (κ1) is 34.5. The Balaban J connectivity index is 1.00. The van der Waals surface area contributed by atoms with E-state index in [2.05, 4.69) is 164 Å². The number of para-hydroxylation sites is 1. The third-order valence-corrected chi connectivity index (χ3v) is 17.2. The second-order valence-electron chi connectivity index (χ2n) is 18.2. The highest BCUT2D eigenvalue weighted by Gasteiger charge is 2.64. The molecule has 10 unspecified atom stereocenters. The molecule has 1 fully saturated rings. The van der Waals surface area contributed by atoms with Crippen molar-refractivity contribution in [3.8, 4) is 0 Å². The molecule has 2 heteroatoms. The molecule has 7 aliphatic carbocycles. The van der Waals surface area contributed by atoms with E-state index >= 15 is 0 Å². The molecular weight excluding hydrogens is 709 g/mol. The quantitative estimate of drug-likeness (QED) is 0.192. The van der Waals surface area contributed by atoms with Crippen LogP contribution in [0.4, 0.5) is 0 Å². The van der Waals surface area contributed by atoms with Crippen molar-refractivity contribution in [2.45, 2.75) is 79.6 Å². The third kappa shape index (κ3) is 5.49. The summed E-state index contributed by atoms with van der Waals surface area (Å²) in [7, 11) is 0. The molecule has 2 heterocycles. The standard InChI is InChI=1S/C55H52OS/c1-2-12-36(13-3-1)37-23-25-38(26-24-37)45(41-27-29-44-43-16-6-9-19-51(43)56-52(44)34-41)30-35-22-28-42-46-32-39-14-4-5-15-40(39)33-50(46)55(49(42)31-35)47-17-7-10-20-53(47)57-54-21-11-8-18-48(54)55/h1-4,6-10,12-14,16-20,22-23,27-31,33,38-39,41,46-48,50,53-54H,5,11,15,21,24-26,32,34H2/b45-30+. The van der Waals surface area contributed by atoms with Gasteiger partial charge in [-0.05, 0) is 115 Å². The molecular formula is C55H52OS. The molecule has 1 aliphatic heterocycles. The number of hydrogen-bond donors (Lipinski definition) is 0. The first-order chi connectivity index (χ1) is 28.2. The summed E-state index contributed by atoms with van der Waals surface area (Å²) in [4.78, 5) is 0. The van der Waals surface area contributed by atoms with Gasteiger partial charge in [0.1, 0.15) is 11.3 Å². The van der Waals surface area contributed by atoms with Gasteiger partial charge in [-0.3, -0.25) is 0 Å². The fraction of sp³-hybridized carbons (Fsp3) is 0.345. The second kappa shape index (κ2) is 13.8. The van der Waals surface area contributed by atoms with Crippen LogP contribution < -0.4 is 0 Å². The van der Waals surface area contributed by atoms with E-state index in [-0.39, 0.29) is 5.41 Å². The molecule has 0 amide bonds. The Morgan fingerprint density at radius 1 is 0.807 bits per heavy atom. The van der Waals surface area contributed by atoms with Gasteiger partial charge in [0.15, 0.2) is 0 Å². The zero-order valence-electron chi connectivity index (χ0n) is 32.8. The van der Waals surface area contributed by atoms with Crippen molar-refractivity contribution in [1.82, 2.24) is 0 Å². The highest BCUT2D eigenvalue weighted by atomic mass is 32.2. The number of thioether (sulfide) groups is 1. The SMILES string of the molecule is C1=CC2SC3CCC=CC3C3(c4cc(/C=C(/C5C=Cc6c(oc7ccccc67)C5)C5CC=C(c6ccccc6)CC5)ccc4C4CC5C=CCCC5=CC43)C2C=C1. The molecule has 0 radical (unpaired) electrons. The molecule has 1 spiro atoms. The van der Waals surface area contributed by atoms with E-state index < -0.39 is 0 Å². The summed E-state index contributed by atoms with van der Waals surface area (Å²) in [6.45, 7) is 0. The van der Waals surface area contributed by atoms with E-state index in [9.17, 15) is 0 Å². The second-order valence-corrected chi connectivity index (χ2v) is 19.7. The molecule has 0 bridgehead atoms. The monoisotopic (exact) mass is 760 g/mol. The molecule has 284 valence electrons. The lowest BCUT2D eigenvalue weighted by atomic mass is 9.52. The summed E-state index contributed by atoms with van der Waals surface area (Å²) < 4.78 is 6.59. The number of rotatable bonds is 4. The number of benzene rings is 3. The smallest absolute Gasteiger partial charge is 0.134 e. The molecule has 4 aromatic rings. The van der Waals surface area contributed by atoms with Crippen LogP contribution in [-0.4, -0.2) is 10.5 Å². The number of hydrogen-bond acceptors (Lipinski definition) is 2. The summed E-state index contributed by atoms with van der Waals surface area (Å²) in [5.41, 5.74) is 13.3. The van der Waals surface area contributed by atoms with Crippen LogP contribution in [0.25, 0.3) is 28.7 Å². The Bertz CT molecular complexity index is 2490. The van der Waals surface area contributed by atoms with Gasteiger partial charge in [-0.25, -0.2) is 0 Å². The largest absolute Gasteiger partial charge is 0.460 e. The lowest BCUT2D eigenvalue weighted by molar-refractivity contribution is 0.145. The molecule has 12 rings (SSSR count). The summed E-state index contributed by atoms with van der Waals surface area (Å²) in [6.07, 6.45) is 43.7. The molecule has 1 nitrogen and oxygen atoms in total. The minimum Gasteiger partial charge on any atom is -0.460 e. The van der Waals surface area contributed by atoms with Gasteiger partial charge in [-0.2, -0.15) is 0 Å². The Labute approximate surface area is 342 Å². The van der Waals surface area contributed by atoms with Crippen LogP contribution in [0.3, 0.4) is 0 Å². The maximum atomic E-state index is 6.59. The lowest BCUT2D eigenvalue weighted by Crippen LogP contribution is -2.56. The topological polar surface area (TPSA) is 13.1 Å². The van der Waals surface area contributed by atoms with Crippen LogP contribution in [0, 0.1) is 35.5 Å². The minimum absolute atomic E-state index is 0.0635. The zero-order chi connectivity index (χ0) is 37.5. The molecule has 1 saturated heterocycles. The van der Waals surface area contributed by atoms with Crippen LogP contribution in [0.1, 0.15) is 90.9 Å². The highest BCUT2D eigenvalue weighted by Crippen LogP contribution is 2.69. The fourth-order valence-corrected chi connectivity index (χ4v) is 14.9. The molecule has 57 heavy (non-hydrogen) atoms. The minimum atomic E-state index is 0.0635. The summed E-state index contributed by atoms with van der Waals surface area (Å²) >= 11 is 2.29. The van der Waals surface area contributed by atoms with Gasteiger partial charge in [0, 0.05) is 45.1 Å². The summed E-state index contributed by atoms with van der Waals surface area (Å²) in [5, 5.41) is 2.43. The summed E-state index contributed by atoms with van der Waals surface area (Å²) in [6, 6.07) is 27.5. The van der Waals surface area contributed by atoms with Gasteiger partial charge in [-0.1, -0.05) is 157 Å². The number of furan rings is 1. The predicted octanol–water partition coefficient (Wildman–Crippen LogP) is 14.0. The number of allylic oxidation sites excluding steroid dienone is 13. The van der Waals surface area contributed by atoms with Crippen LogP contribution in [-0.2, 0) is 11.8 Å². The van der Waals surface area contributed by atoms with Gasteiger partial charge in [0.25, 0.3) is 0 Å². The van der Waals surface area contributed by atoms with Crippen molar-refractivity contribution in [2.24, 2.45) is 35.5 Å². The van der Waals surface area contributed by atoms with Crippen molar-refractivity contribution in [3.05, 3.63) is 184 Å². The average Bonchev–Trinajstić information content (AvgIpc) is 3.78. The highest BCUT2D eigenvalue weighted by molar-refractivity contribution is 8.00. The Morgan fingerprint density at radius 3 is 2.63 bits per heavy atom. The van der Waals surface area contributed by atoms with Crippen molar-refractivity contribution < 1.29 is 4.42 Å². The van der Waals surface area contributed by atoms with E-state index in [1.165, 1.54) is 66.2 Å². The Hall–Kier alpha value is -4.53. The first-order valence-electron chi connectivity index (χ1n) is 22.1. The predicted molar refractivity (Wildman–Crippen MR) is 240 cm³/mol. The molecule has 10 atom stereocenters. The normalized spacial score (nSPS) is 34.5. The van der Waals surface area contributed by atoms with Crippen LogP contribution in [0.15, 0.2) is 155 Å². The molecule has 0 saturated carbocycles. The Morgan fingerprint density at radius 2 is 1.70 bits per heavy atom. The van der Waals surface area contributed by atoms with E-state index in [0.717, 1.165) is 30.6 Å². The van der Waals surface area contributed by atoms with Gasteiger partial charge >= 0.3 is 0 Å². The van der Waals surface area contributed by atoms with Crippen molar-refractivity contribution in [1.29, 1.82) is 0 Å². The molecule has 0 N–H and O–H groups in total. The van der Waals surface area contributed by atoms with Gasteiger partial charge in [0.2, 0.25) is 0 Å². The van der Waals surface area contributed by atoms with E-state index in [0.29, 0.717) is 51.9 Å². The van der Waals surface area contributed by atoms with Crippen molar-refractivity contribution in [3.63, 3.8) is 0 Å².